The van der Waals surface area contributed by atoms with E-state index in [9.17, 15) is 0 Å². The Balaban J connectivity index is 1.15. The van der Waals surface area contributed by atoms with Crippen molar-refractivity contribution in [1.82, 2.24) is 9.97 Å². The summed E-state index contributed by atoms with van der Waals surface area (Å²) in [4.78, 5) is 12.9. The molecule has 4 heterocycles. The predicted molar refractivity (Wildman–Crippen MR) is 204 cm³/mol. The van der Waals surface area contributed by atoms with Gasteiger partial charge in [-0.3, -0.25) is 0 Å². The zero-order valence-electron chi connectivity index (χ0n) is 26.2. The molecule has 0 saturated heterocycles. The maximum absolute atomic E-state index is 6.51. The molecule has 2 unspecified atom stereocenters. The van der Waals surface area contributed by atoms with Crippen LogP contribution in [-0.4, -0.2) is 16.0 Å². The van der Waals surface area contributed by atoms with Crippen LogP contribution in [0.1, 0.15) is 11.5 Å². The molecule has 0 spiro atoms. The van der Waals surface area contributed by atoms with Gasteiger partial charge in [0.15, 0.2) is 0 Å². The van der Waals surface area contributed by atoms with E-state index >= 15 is 0 Å². The summed E-state index contributed by atoms with van der Waals surface area (Å²) in [5.41, 5.74) is 9.68. The van der Waals surface area contributed by atoms with Gasteiger partial charge in [0, 0.05) is 70.2 Å². The van der Waals surface area contributed by atoms with Gasteiger partial charge in [-0.05, 0) is 18.2 Å². The van der Waals surface area contributed by atoms with E-state index in [1.165, 1.54) is 37.0 Å². The van der Waals surface area contributed by atoms with Crippen LogP contribution in [0, 0.1) is 0 Å². The Morgan fingerprint density at radius 3 is 2.22 bits per heavy atom. The van der Waals surface area contributed by atoms with E-state index in [2.05, 4.69) is 144 Å². The number of hydrogen-bond acceptors (Lipinski definition) is 5. The molecule has 9 aromatic rings. The molecule has 0 radical (unpaired) electrons. The average molecular weight is 646 g/mol. The van der Waals surface area contributed by atoms with Crippen molar-refractivity contribution in [2.75, 3.05) is 4.90 Å². The number of para-hydroxylation sites is 3. The molecule has 49 heavy (non-hydrogen) atoms. The molecular formula is C44H27N3OS. The van der Waals surface area contributed by atoms with Crippen LogP contribution in [-0.2, 0) is 0 Å². The molecule has 0 bridgehead atoms. The van der Waals surface area contributed by atoms with E-state index in [1.807, 2.05) is 23.5 Å². The monoisotopic (exact) mass is 645 g/mol. The van der Waals surface area contributed by atoms with Crippen molar-refractivity contribution < 1.29 is 4.42 Å². The van der Waals surface area contributed by atoms with Gasteiger partial charge in [0.1, 0.15) is 11.2 Å². The van der Waals surface area contributed by atoms with Gasteiger partial charge in [-0.25, -0.2) is 9.97 Å². The van der Waals surface area contributed by atoms with Crippen molar-refractivity contribution in [3.63, 3.8) is 0 Å². The number of fused-ring (bicyclic) bond motifs is 11. The SMILES string of the molecule is C1=CC2c3c(ccc4c3sc3c(-c5cccc6c5oc5ccccc56)cccc34)N(c3nc(-c4ccccc4)c4ccccc4n3)C2C=C1. The first-order valence-electron chi connectivity index (χ1n) is 16.7. The van der Waals surface area contributed by atoms with Crippen LogP contribution < -0.4 is 4.90 Å². The van der Waals surface area contributed by atoms with E-state index in [1.54, 1.807) is 0 Å². The van der Waals surface area contributed by atoms with Crippen molar-refractivity contribution in [1.29, 1.82) is 0 Å². The lowest BCUT2D eigenvalue weighted by Gasteiger charge is -2.27. The fraction of sp³-hybridized carbons (Fsp3) is 0.0455. The van der Waals surface area contributed by atoms with Crippen LogP contribution in [0.4, 0.5) is 11.6 Å². The fourth-order valence-corrected chi connectivity index (χ4v) is 9.49. The highest BCUT2D eigenvalue weighted by Crippen LogP contribution is 2.54. The summed E-state index contributed by atoms with van der Waals surface area (Å²) < 4.78 is 9.10. The third-order valence-corrected chi connectivity index (χ3v) is 11.5. The van der Waals surface area contributed by atoms with Gasteiger partial charge in [0.2, 0.25) is 5.95 Å². The number of allylic oxidation sites excluding steroid dienone is 2. The Labute approximate surface area is 285 Å². The smallest absolute Gasteiger partial charge is 0.231 e. The lowest BCUT2D eigenvalue weighted by Crippen LogP contribution is -2.30. The fourth-order valence-electron chi connectivity index (χ4n) is 8.07. The van der Waals surface area contributed by atoms with Crippen LogP contribution >= 0.6 is 11.3 Å². The maximum Gasteiger partial charge on any atom is 0.231 e. The molecule has 230 valence electrons. The van der Waals surface area contributed by atoms with Gasteiger partial charge >= 0.3 is 0 Å². The zero-order chi connectivity index (χ0) is 32.1. The number of nitrogens with zero attached hydrogens (tertiary/aromatic N) is 3. The minimum absolute atomic E-state index is 0.0735. The quantitative estimate of drug-likeness (QED) is 0.192. The Morgan fingerprint density at radius 2 is 1.31 bits per heavy atom. The Hall–Kier alpha value is -6.04. The second-order valence-corrected chi connectivity index (χ2v) is 13.9. The Bertz CT molecular complexity index is 2860. The third-order valence-electron chi connectivity index (χ3n) is 10.2. The van der Waals surface area contributed by atoms with Gasteiger partial charge in [0.05, 0.1) is 17.3 Å². The van der Waals surface area contributed by atoms with E-state index in [0.29, 0.717) is 0 Å². The molecule has 1 aliphatic carbocycles. The summed E-state index contributed by atoms with van der Waals surface area (Å²) in [6, 6.07) is 45.0. The second kappa shape index (κ2) is 10.2. The molecule has 11 rings (SSSR count). The lowest BCUT2D eigenvalue weighted by atomic mass is 9.90. The second-order valence-electron chi connectivity index (χ2n) is 12.9. The van der Waals surface area contributed by atoms with Crippen molar-refractivity contribution in [2.24, 2.45) is 0 Å². The molecule has 4 nitrogen and oxygen atoms in total. The molecule has 0 amide bonds. The average Bonchev–Trinajstić information content (AvgIpc) is 3.84. The summed E-state index contributed by atoms with van der Waals surface area (Å²) in [5, 5.41) is 5.90. The molecule has 3 aromatic heterocycles. The minimum atomic E-state index is 0.0735. The lowest BCUT2D eigenvalue weighted by molar-refractivity contribution is 0.670. The summed E-state index contributed by atoms with van der Waals surface area (Å²) in [7, 11) is 0. The number of rotatable bonds is 3. The predicted octanol–water partition coefficient (Wildman–Crippen LogP) is 12.0. The number of furan rings is 1. The first kappa shape index (κ1) is 27.0. The van der Waals surface area contributed by atoms with Gasteiger partial charge in [-0.1, -0.05) is 133 Å². The molecule has 0 fully saturated rings. The molecule has 6 aromatic carbocycles. The van der Waals surface area contributed by atoms with E-state index in [-0.39, 0.29) is 12.0 Å². The van der Waals surface area contributed by atoms with Crippen LogP contribution in [0.2, 0.25) is 0 Å². The van der Waals surface area contributed by atoms with Crippen LogP contribution in [0.15, 0.2) is 156 Å². The number of thiophene rings is 1. The summed E-state index contributed by atoms with van der Waals surface area (Å²) >= 11 is 1.89. The molecule has 5 heteroatoms. The largest absolute Gasteiger partial charge is 0.455 e. The van der Waals surface area contributed by atoms with Crippen LogP contribution in [0.5, 0.6) is 0 Å². The highest BCUT2D eigenvalue weighted by Gasteiger charge is 2.41. The molecule has 1 aliphatic heterocycles. The standard InChI is InChI=1S/C44H27N3OS/c1-2-12-26(13-3-1)40-33-15-4-7-21-35(33)45-44(46-40)47-36-22-8-5-16-34(36)39-37(47)25-24-32-31-20-11-19-30(42(31)49-43(32)39)29-18-10-17-28-27-14-6-9-23-38(27)48-41(28)29/h1-25,34,36H. The summed E-state index contributed by atoms with van der Waals surface area (Å²) in [5.74, 6) is 0.901. The van der Waals surface area contributed by atoms with Gasteiger partial charge in [-0.15, -0.1) is 11.3 Å². The van der Waals surface area contributed by atoms with Crippen molar-refractivity contribution in [2.45, 2.75) is 12.0 Å². The molecule has 0 saturated carbocycles. The van der Waals surface area contributed by atoms with Gasteiger partial charge in [0.25, 0.3) is 0 Å². The van der Waals surface area contributed by atoms with E-state index < -0.39 is 0 Å². The topological polar surface area (TPSA) is 42.2 Å². The number of hydrogen-bond donors (Lipinski definition) is 0. The first-order valence-corrected chi connectivity index (χ1v) is 17.5. The first-order chi connectivity index (χ1) is 24.3. The Kier molecular flexibility index (Phi) is 5.63. The minimum Gasteiger partial charge on any atom is -0.455 e. The maximum atomic E-state index is 6.51. The number of benzene rings is 6. The molecule has 2 aliphatic rings. The number of aromatic nitrogens is 2. The van der Waals surface area contributed by atoms with Gasteiger partial charge < -0.3 is 9.32 Å². The van der Waals surface area contributed by atoms with Crippen LogP contribution in [0.3, 0.4) is 0 Å². The highest BCUT2D eigenvalue weighted by atomic mass is 32.1. The number of anilines is 2. The van der Waals surface area contributed by atoms with Crippen molar-refractivity contribution >= 4 is 76.0 Å². The summed E-state index contributed by atoms with van der Waals surface area (Å²) in [6.45, 7) is 0. The third kappa shape index (κ3) is 3.85. The van der Waals surface area contributed by atoms with Crippen molar-refractivity contribution in [3.05, 3.63) is 157 Å². The van der Waals surface area contributed by atoms with E-state index in [0.717, 1.165) is 55.6 Å². The van der Waals surface area contributed by atoms with E-state index in [4.69, 9.17) is 14.4 Å². The zero-order valence-corrected chi connectivity index (χ0v) is 27.1. The molecule has 2 atom stereocenters. The Morgan fingerprint density at radius 1 is 0.571 bits per heavy atom. The van der Waals surface area contributed by atoms with Crippen molar-refractivity contribution in [3.8, 4) is 22.4 Å². The summed E-state index contributed by atoms with van der Waals surface area (Å²) in [6.07, 6.45) is 9.00. The molecule has 0 N–H and O–H groups in total. The van der Waals surface area contributed by atoms with Gasteiger partial charge in [-0.2, -0.15) is 0 Å². The normalized spacial score (nSPS) is 16.8. The van der Waals surface area contributed by atoms with Crippen LogP contribution in [0.25, 0.3) is 75.4 Å². The highest BCUT2D eigenvalue weighted by molar-refractivity contribution is 7.26. The molecular weight excluding hydrogens is 619 g/mol.